The van der Waals surface area contributed by atoms with E-state index < -0.39 is 10.0 Å². The lowest BCUT2D eigenvalue weighted by atomic mass is 9.94. The molecular weight excluding hydrogens is 406 g/mol. The maximum atomic E-state index is 11.8. The van der Waals surface area contributed by atoms with Gasteiger partial charge in [-0.2, -0.15) is 9.52 Å². The highest BCUT2D eigenvalue weighted by atomic mass is 32.2. The van der Waals surface area contributed by atoms with Crippen molar-refractivity contribution in [2.24, 2.45) is 5.10 Å². The lowest BCUT2D eigenvalue weighted by molar-refractivity contribution is 0.493. The van der Waals surface area contributed by atoms with Crippen LogP contribution in [-0.4, -0.2) is 46.8 Å². The fraction of sp³-hybridized carbons (Fsp3) is 0.300. The Morgan fingerprint density at radius 2 is 2.00 bits per heavy atom. The number of aryl methyl sites for hydroxylation is 2. The quantitative estimate of drug-likeness (QED) is 0.595. The second-order valence-electron chi connectivity index (χ2n) is 6.98. The fourth-order valence-electron chi connectivity index (χ4n) is 3.22. The Hall–Kier alpha value is -2.65. The summed E-state index contributed by atoms with van der Waals surface area (Å²) in [5.74, 6) is 0. The first-order valence-electron chi connectivity index (χ1n) is 9.23. The molecule has 4 rings (SSSR count). The van der Waals surface area contributed by atoms with E-state index in [0.29, 0.717) is 12.1 Å². The van der Waals surface area contributed by atoms with Gasteiger partial charge in [-0.25, -0.2) is 18.4 Å². The van der Waals surface area contributed by atoms with Crippen LogP contribution in [0.2, 0.25) is 0 Å². The summed E-state index contributed by atoms with van der Waals surface area (Å²) in [5, 5.41) is 5.24. The van der Waals surface area contributed by atoms with Gasteiger partial charge in [-0.1, -0.05) is 6.07 Å². The van der Waals surface area contributed by atoms with Crippen molar-refractivity contribution in [2.45, 2.75) is 26.2 Å². The predicted molar refractivity (Wildman–Crippen MR) is 115 cm³/mol. The average Bonchev–Trinajstić information content (AvgIpc) is 3.09. The molecule has 9 heteroatoms. The molecule has 0 radical (unpaired) electrons. The van der Waals surface area contributed by atoms with Crippen LogP contribution in [0.25, 0.3) is 21.1 Å². The van der Waals surface area contributed by atoms with Crippen molar-refractivity contribution in [3.8, 4) is 21.1 Å². The largest absolute Gasteiger partial charge is 0.264 e. The van der Waals surface area contributed by atoms with E-state index >= 15 is 0 Å². The Morgan fingerprint density at radius 1 is 1.17 bits per heavy atom. The summed E-state index contributed by atoms with van der Waals surface area (Å²) in [6.07, 6.45) is 7.22. The zero-order valence-electron chi connectivity index (χ0n) is 16.5. The van der Waals surface area contributed by atoms with Gasteiger partial charge in [0.1, 0.15) is 5.01 Å². The van der Waals surface area contributed by atoms with E-state index in [1.165, 1.54) is 7.05 Å². The van der Waals surface area contributed by atoms with Gasteiger partial charge in [-0.3, -0.25) is 4.98 Å². The zero-order chi connectivity index (χ0) is 20.6. The van der Waals surface area contributed by atoms with E-state index in [-0.39, 0.29) is 0 Å². The van der Waals surface area contributed by atoms with Crippen molar-refractivity contribution in [1.29, 1.82) is 0 Å². The fourth-order valence-corrected chi connectivity index (χ4v) is 4.49. The van der Waals surface area contributed by atoms with Crippen LogP contribution in [0, 0.1) is 6.92 Å². The number of aromatic nitrogens is 3. The third kappa shape index (κ3) is 4.06. The number of rotatable bonds is 4. The Morgan fingerprint density at radius 3 is 2.72 bits per heavy atom. The molecule has 7 nitrogen and oxygen atoms in total. The molecule has 0 aromatic carbocycles. The maximum absolute atomic E-state index is 11.8. The monoisotopic (exact) mass is 427 g/mol. The highest BCUT2D eigenvalue weighted by Gasteiger charge is 2.22. The number of sulfonamides is 1. The van der Waals surface area contributed by atoms with Crippen LogP contribution in [0.5, 0.6) is 0 Å². The van der Waals surface area contributed by atoms with Gasteiger partial charge < -0.3 is 0 Å². The van der Waals surface area contributed by atoms with Gasteiger partial charge in [0.25, 0.3) is 0 Å². The molecule has 0 saturated carbocycles. The molecule has 0 bridgehead atoms. The van der Waals surface area contributed by atoms with Gasteiger partial charge >= 0.3 is 0 Å². The second-order valence-corrected chi connectivity index (χ2v) is 9.97. The first kappa shape index (κ1) is 19.7. The van der Waals surface area contributed by atoms with Crippen LogP contribution in [0.3, 0.4) is 0 Å². The molecule has 0 unspecified atom stereocenters. The predicted octanol–water partition coefficient (Wildman–Crippen LogP) is 3.51. The number of fused-ring (bicyclic) bond motifs is 1. The van der Waals surface area contributed by atoms with Gasteiger partial charge in [0, 0.05) is 25.0 Å². The topological polar surface area (TPSA) is 88.4 Å². The summed E-state index contributed by atoms with van der Waals surface area (Å²) in [7, 11) is -1.94. The van der Waals surface area contributed by atoms with Crippen LogP contribution in [0.1, 0.15) is 29.8 Å². The number of pyridine rings is 2. The van der Waals surface area contributed by atoms with Gasteiger partial charge in [0.15, 0.2) is 0 Å². The van der Waals surface area contributed by atoms with Crippen molar-refractivity contribution < 1.29 is 8.42 Å². The Balaban J connectivity index is 1.76. The van der Waals surface area contributed by atoms with Crippen LogP contribution in [0.4, 0.5) is 0 Å². The van der Waals surface area contributed by atoms with Crippen LogP contribution >= 0.6 is 11.3 Å². The summed E-state index contributed by atoms with van der Waals surface area (Å²) in [6, 6.07) is 7.95. The minimum atomic E-state index is -3.40. The third-order valence-corrected chi connectivity index (χ3v) is 7.06. The van der Waals surface area contributed by atoms with Gasteiger partial charge in [-0.05, 0) is 49.9 Å². The van der Waals surface area contributed by atoms with Crippen LogP contribution < -0.4 is 0 Å². The van der Waals surface area contributed by atoms with Crippen LogP contribution in [0.15, 0.2) is 41.8 Å². The first-order valence-corrected chi connectivity index (χ1v) is 11.9. The normalized spacial score (nSPS) is 15.3. The molecule has 3 aromatic rings. The van der Waals surface area contributed by atoms with Crippen molar-refractivity contribution in [2.75, 3.05) is 13.3 Å². The van der Waals surface area contributed by atoms with Crippen molar-refractivity contribution in [1.82, 2.24) is 19.4 Å². The number of hydrogen-bond donors (Lipinski definition) is 0. The molecule has 0 fully saturated rings. The summed E-state index contributed by atoms with van der Waals surface area (Å²) in [5.41, 5.74) is 5.28. The van der Waals surface area contributed by atoms with E-state index in [2.05, 4.69) is 21.1 Å². The van der Waals surface area contributed by atoms with E-state index in [4.69, 9.17) is 4.98 Å². The van der Waals surface area contributed by atoms with Crippen molar-refractivity contribution >= 4 is 27.1 Å². The number of nitrogens with zero attached hydrogens (tertiary/aromatic N) is 5. The summed E-state index contributed by atoms with van der Waals surface area (Å²) >= 11 is 1.58. The smallest absolute Gasteiger partial charge is 0.246 e. The average molecular weight is 428 g/mol. The molecular formula is C20H21N5O2S2. The van der Waals surface area contributed by atoms with E-state index in [0.717, 1.165) is 61.6 Å². The number of hydrogen-bond acceptors (Lipinski definition) is 7. The molecule has 0 atom stereocenters. The molecule has 0 amide bonds. The second kappa shape index (κ2) is 7.64. The van der Waals surface area contributed by atoms with Crippen molar-refractivity contribution in [3.63, 3.8) is 0 Å². The van der Waals surface area contributed by atoms with Gasteiger partial charge in [0.2, 0.25) is 10.0 Å². The Bertz CT molecular complexity index is 1190. The standard InChI is InChI=1S/C20H21N5O2S2/c1-13-19(28-20(22-13)15-7-5-11-21-12-15)17-10-9-14-6-4-8-16(18(14)23-17)24-25(2)29(3,26)27/h5,7,9-12H,4,6,8H2,1-3H3/b24-16+. The highest BCUT2D eigenvalue weighted by Crippen LogP contribution is 2.35. The SMILES string of the molecule is Cc1nc(-c2cccnc2)sc1-c1ccc2c(n1)/C(=N/N(C)S(C)(=O)=O)CCC2. The van der Waals surface area contributed by atoms with E-state index in [1.807, 2.05) is 25.1 Å². The molecule has 0 aliphatic heterocycles. The number of thiazole rings is 1. The minimum Gasteiger partial charge on any atom is -0.264 e. The molecule has 0 saturated heterocycles. The lowest BCUT2D eigenvalue weighted by Gasteiger charge is -2.20. The summed E-state index contributed by atoms with van der Waals surface area (Å²) in [6.45, 7) is 1.97. The molecule has 1 aliphatic rings. The van der Waals surface area contributed by atoms with Crippen molar-refractivity contribution in [3.05, 3.63) is 53.6 Å². The van der Waals surface area contributed by atoms with E-state index in [9.17, 15) is 8.42 Å². The van der Waals surface area contributed by atoms with Gasteiger partial charge in [0.05, 0.1) is 33.9 Å². The Labute approximate surface area is 174 Å². The lowest BCUT2D eigenvalue weighted by Crippen LogP contribution is -2.24. The Kier molecular flexibility index (Phi) is 5.18. The van der Waals surface area contributed by atoms with E-state index in [1.54, 1.807) is 23.7 Å². The molecule has 1 aliphatic carbocycles. The summed E-state index contributed by atoms with van der Waals surface area (Å²) < 4.78 is 24.6. The molecule has 3 heterocycles. The molecule has 29 heavy (non-hydrogen) atoms. The highest BCUT2D eigenvalue weighted by molar-refractivity contribution is 7.88. The third-order valence-electron chi connectivity index (χ3n) is 4.79. The molecule has 0 spiro atoms. The first-order chi connectivity index (χ1) is 13.8. The van der Waals surface area contributed by atoms with Gasteiger partial charge in [-0.15, -0.1) is 11.3 Å². The van der Waals surface area contributed by atoms with Crippen LogP contribution in [-0.2, 0) is 16.4 Å². The number of hydrazone groups is 1. The minimum absolute atomic E-state index is 0.700. The molecule has 0 N–H and O–H groups in total. The summed E-state index contributed by atoms with van der Waals surface area (Å²) in [4.78, 5) is 14.7. The maximum Gasteiger partial charge on any atom is 0.246 e. The zero-order valence-corrected chi connectivity index (χ0v) is 18.1. The molecule has 150 valence electrons. The molecule has 3 aromatic heterocycles.